The lowest BCUT2D eigenvalue weighted by molar-refractivity contribution is -0.218. The van der Waals surface area contributed by atoms with Gasteiger partial charge in [0, 0.05) is 35.5 Å². The zero-order chi connectivity index (χ0) is 39.5. The molecule has 0 aromatic heterocycles. The molecule has 14 heteroatoms. The number of piperidine rings is 2. The van der Waals surface area contributed by atoms with E-state index in [2.05, 4.69) is 34.9 Å². The van der Waals surface area contributed by atoms with Crippen molar-refractivity contribution in [2.45, 2.75) is 49.4 Å². The number of nitriles is 6. The van der Waals surface area contributed by atoms with Crippen LogP contribution >= 0.6 is 0 Å². The topological polar surface area (TPSA) is 167 Å². The Balaban J connectivity index is 1.34. The summed E-state index contributed by atoms with van der Waals surface area (Å²) in [5.41, 5.74) is 1.60. The van der Waals surface area contributed by atoms with E-state index in [4.69, 9.17) is 0 Å². The fourth-order valence-electron chi connectivity index (χ4n) is 14.2. The predicted molar refractivity (Wildman–Crippen MR) is 182 cm³/mol. The molecule has 24 unspecified atom stereocenters. The number of alkyl halides is 6. The monoisotopic (exact) mass is 764 g/mol. The molecular weight excluding hydrogens is 731 g/mol. The molecule has 0 spiro atoms. The van der Waals surface area contributed by atoms with Crippen LogP contribution in [0, 0.1) is 163 Å². The molecule has 284 valence electrons. The maximum atomic E-state index is 16.8. The van der Waals surface area contributed by atoms with E-state index in [1.807, 2.05) is 12.1 Å². The van der Waals surface area contributed by atoms with E-state index in [0.29, 0.717) is 22.3 Å². The summed E-state index contributed by atoms with van der Waals surface area (Å²) in [4.78, 5) is 0. The van der Waals surface area contributed by atoms with E-state index >= 15 is 26.3 Å². The Morgan fingerprint density at radius 3 is 0.982 bits per heavy atom. The lowest BCUT2D eigenvalue weighted by atomic mass is 9.40. The van der Waals surface area contributed by atoms with E-state index < -0.39 is 144 Å². The summed E-state index contributed by atoms with van der Waals surface area (Å²) in [5.74, 6) is -19.8. The molecule has 2 heterocycles. The first-order valence-electron chi connectivity index (χ1n) is 19.0. The van der Waals surface area contributed by atoms with Gasteiger partial charge >= 0.3 is 0 Å². The molecule has 8 nitrogen and oxygen atoms in total. The summed E-state index contributed by atoms with van der Waals surface area (Å²) in [6, 6.07) is 25.8. The van der Waals surface area contributed by atoms with Crippen molar-refractivity contribution in [3.63, 3.8) is 0 Å². The van der Waals surface area contributed by atoms with E-state index in [1.54, 1.807) is 24.3 Å². The minimum absolute atomic E-state index is 0.294. The van der Waals surface area contributed by atoms with Crippen molar-refractivity contribution < 1.29 is 26.3 Å². The quantitative estimate of drug-likeness (QED) is 0.263. The summed E-state index contributed by atoms with van der Waals surface area (Å²) < 4.78 is 97.4. The normalized spacial score (nSPS) is 50.4. The molecule has 2 aliphatic heterocycles. The Bertz CT molecular complexity index is 2010. The SMILES string of the molecule is N#Cc1ccc(C2C(C#N)C3C4C2C(C#N)C2C(F)C(F)NC(F)C2C4C2C(C#N)C(c4ccc(C#N)cc4)C4C(C#N)C5C(F)C(F)NC(F)C5C3C42)cc1. The van der Waals surface area contributed by atoms with Crippen molar-refractivity contribution in [3.05, 3.63) is 70.8 Å². The Kier molecular flexibility index (Phi) is 8.63. The first-order valence-corrected chi connectivity index (χ1v) is 19.0. The van der Waals surface area contributed by atoms with Crippen LogP contribution in [-0.2, 0) is 0 Å². The van der Waals surface area contributed by atoms with Gasteiger partial charge in [0.25, 0.3) is 0 Å². The average Bonchev–Trinajstić information content (AvgIpc) is 3.74. The average molecular weight is 765 g/mol. The van der Waals surface area contributed by atoms with Gasteiger partial charge in [-0.05, 0) is 82.7 Å². The van der Waals surface area contributed by atoms with Crippen molar-refractivity contribution in [1.82, 2.24) is 10.6 Å². The van der Waals surface area contributed by atoms with Crippen LogP contribution in [0.4, 0.5) is 26.3 Å². The molecular formula is C42H34F6N8. The van der Waals surface area contributed by atoms with Crippen molar-refractivity contribution >= 4 is 0 Å². The van der Waals surface area contributed by atoms with E-state index in [0.717, 1.165) is 0 Å². The number of halogens is 6. The maximum absolute atomic E-state index is 16.8. The molecule has 0 bridgehead atoms. The molecule has 0 radical (unpaired) electrons. The lowest BCUT2D eigenvalue weighted by Gasteiger charge is -2.64. The molecule has 2 aromatic rings. The summed E-state index contributed by atoms with van der Waals surface area (Å²) in [6.45, 7) is 0. The molecule has 2 saturated heterocycles. The van der Waals surface area contributed by atoms with Gasteiger partial charge in [0.15, 0.2) is 25.2 Å². The summed E-state index contributed by atoms with van der Waals surface area (Å²) in [5, 5.41) is 67.5. The second kappa shape index (κ2) is 13.2. The second-order valence-corrected chi connectivity index (χ2v) is 16.9. The molecule has 5 aliphatic carbocycles. The summed E-state index contributed by atoms with van der Waals surface area (Å²) in [7, 11) is 0. The van der Waals surface area contributed by atoms with Crippen LogP contribution in [0.2, 0.25) is 0 Å². The highest BCUT2D eigenvalue weighted by Crippen LogP contribution is 2.78. The van der Waals surface area contributed by atoms with Crippen LogP contribution in [-0.4, -0.2) is 37.5 Å². The van der Waals surface area contributed by atoms with E-state index in [1.165, 1.54) is 24.3 Å². The number of hydrogen-bond donors (Lipinski definition) is 2. The molecule has 7 fully saturated rings. The highest BCUT2D eigenvalue weighted by atomic mass is 19.2. The third-order valence-electron chi connectivity index (χ3n) is 15.5. The second-order valence-electron chi connectivity index (χ2n) is 16.9. The van der Waals surface area contributed by atoms with Crippen LogP contribution in [0.1, 0.15) is 34.1 Å². The molecule has 7 aliphatic rings. The number of nitrogens with one attached hydrogen (secondary N) is 2. The van der Waals surface area contributed by atoms with Crippen LogP contribution in [0.25, 0.3) is 0 Å². The van der Waals surface area contributed by atoms with Gasteiger partial charge in [-0.15, -0.1) is 0 Å². The zero-order valence-electron chi connectivity index (χ0n) is 29.4. The fraction of sp³-hybridized carbons (Fsp3) is 0.571. The van der Waals surface area contributed by atoms with Crippen molar-refractivity contribution in [2.24, 2.45) is 94.7 Å². The van der Waals surface area contributed by atoms with Gasteiger partial charge in [-0.25, -0.2) is 26.3 Å². The van der Waals surface area contributed by atoms with Crippen molar-refractivity contribution in [2.75, 3.05) is 0 Å². The Morgan fingerprint density at radius 2 is 0.679 bits per heavy atom. The van der Waals surface area contributed by atoms with Gasteiger partial charge in [0.2, 0.25) is 0 Å². The van der Waals surface area contributed by atoms with Gasteiger partial charge in [-0.1, -0.05) is 24.3 Å². The third-order valence-corrected chi connectivity index (χ3v) is 15.5. The van der Waals surface area contributed by atoms with Crippen molar-refractivity contribution in [3.8, 4) is 36.4 Å². The molecule has 0 amide bonds. The standard InChI is InChI=1S/C42H34F6N8/c43-37-29-21(13-53)25-23(17-5-1-15(9-49)2-6-17)19(11-51)27-31(25)34(35(29)39(45)55-41(37)47)28-20(12-52)24(18-7-3-16(10-50)4-8-18)26-22(14-54)30-36(33(27)32(26)28)40(46)56-42(48)38(30)44/h1-8,19-42,55-56H. The van der Waals surface area contributed by atoms with Gasteiger partial charge in [-0.3, -0.25) is 10.6 Å². The molecule has 2 N–H and O–H groups in total. The fourth-order valence-corrected chi connectivity index (χ4v) is 14.2. The number of hydrogen-bond acceptors (Lipinski definition) is 8. The lowest BCUT2D eigenvalue weighted by Crippen LogP contribution is -2.70. The summed E-state index contributed by atoms with van der Waals surface area (Å²) in [6.07, 6.45) is -14.0. The van der Waals surface area contributed by atoms with Gasteiger partial charge in [-0.2, -0.15) is 31.6 Å². The number of fused-ring (bicyclic) bond motifs is 6. The Hall–Kier alpha value is -5.12. The Morgan fingerprint density at radius 1 is 0.357 bits per heavy atom. The minimum Gasteiger partial charge on any atom is -0.255 e. The first-order chi connectivity index (χ1) is 27.1. The first kappa shape index (κ1) is 36.5. The van der Waals surface area contributed by atoms with Gasteiger partial charge in [0.1, 0.15) is 12.3 Å². The number of benzene rings is 2. The van der Waals surface area contributed by atoms with Gasteiger partial charge < -0.3 is 0 Å². The maximum Gasteiger partial charge on any atom is 0.185 e. The van der Waals surface area contributed by atoms with Crippen LogP contribution < -0.4 is 10.6 Å². The largest absolute Gasteiger partial charge is 0.255 e. The molecule has 56 heavy (non-hydrogen) atoms. The highest BCUT2D eigenvalue weighted by Gasteiger charge is 2.79. The van der Waals surface area contributed by atoms with E-state index in [-0.39, 0.29) is 0 Å². The number of nitrogens with zero attached hydrogens (tertiary/aromatic N) is 6. The van der Waals surface area contributed by atoms with Crippen molar-refractivity contribution in [1.29, 1.82) is 31.6 Å². The number of rotatable bonds is 2. The zero-order valence-corrected chi connectivity index (χ0v) is 29.4. The Labute approximate surface area is 319 Å². The smallest absolute Gasteiger partial charge is 0.185 e. The van der Waals surface area contributed by atoms with E-state index in [9.17, 15) is 31.6 Å². The highest BCUT2D eigenvalue weighted by molar-refractivity contribution is 5.41. The molecule has 5 saturated carbocycles. The third kappa shape index (κ3) is 4.67. The molecule has 2 aromatic carbocycles. The van der Waals surface area contributed by atoms with Gasteiger partial charge in [0.05, 0.1) is 71.2 Å². The predicted octanol–water partition coefficient (Wildman–Crippen LogP) is 6.38. The van der Waals surface area contributed by atoms with Crippen LogP contribution in [0.15, 0.2) is 48.5 Å². The van der Waals surface area contributed by atoms with Crippen LogP contribution in [0.5, 0.6) is 0 Å². The molecule has 9 rings (SSSR count). The van der Waals surface area contributed by atoms with Crippen LogP contribution in [0.3, 0.4) is 0 Å². The molecule has 24 atom stereocenters. The summed E-state index contributed by atoms with van der Waals surface area (Å²) >= 11 is 0. The minimum atomic E-state index is -2.46.